The number of benzene rings is 1. The maximum atomic E-state index is 11.4. The van der Waals surface area contributed by atoms with E-state index in [1.807, 2.05) is 24.3 Å². The van der Waals surface area contributed by atoms with Crippen molar-refractivity contribution < 1.29 is 13.2 Å². The Hall–Kier alpha value is -1.92. The summed E-state index contributed by atoms with van der Waals surface area (Å²) in [6.07, 6.45) is 2.91. The third kappa shape index (κ3) is 3.22. The van der Waals surface area contributed by atoms with Crippen LogP contribution in [-0.4, -0.2) is 38.9 Å². The standard InChI is InChI=1S/C15H15N2O3S/c1-21(18,19)15-7-4-12(8-17-15)11-2-5-13(6-3-11)20-14-9-16-10-14/h2-8,14H,9-10H2,1H3. The molecule has 0 saturated carbocycles. The topological polar surface area (TPSA) is 70.4 Å². The number of nitrogens with zero attached hydrogens (tertiary/aromatic N) is 2. The van der Waals surface area contributed by atoms with Gasteiger partial charge in [0.1, 0.15) is 11.9 Å². The maximum absolute atomic E-state index is 11.4. The Morgan fingerprint density at radius 3 is 2.19 bits per heavy atom. The van der Waals surface area contributed by atoms with Crippen molar-refractivity contribution in [1.29, 1.82) is 0 Å². The third-order valence-electron chi connectivity index (χ3n) is 3.27. The highest BCUT2D eigenvalue weighted by Gasteiger charge is 2.19. The van der Waals surface area contributed by atoms with Gasteiger partial charge in [-0.25, -0.2) is 18.7 Å². The summed E-state index contributed by atoms with van der Waals surface area (Å²) in [5.41, 5.74) is 1.83. The molecule has 0 aliphatic carbocycles. The Kier molecular flexibility index (Phi) is 3.65. The lowest BCUT2D eigenvalue weighted by atomic mass is 10.1. The minimum atomic E-state index is -3.26. The minimum Gasteiger partial charge on any atom is -0.488 e. The van der Waals surface area contributed by atoms with Gasteiger partial charge in [0, 0.05) is 18.0 Å². The molecule has 1 aliphatic heterocycles. The van der Waals surface area contributed by atoms with Gasteiger partial charge in [0.25, 0.3) is 0 Å². The molecule has 0 spiro atoms. The van der Waals surface area contributed by atoms with E-state index in [-0.39, 0.29) is 11.1 Å². The van der Waals surface area contributed by atoms with E-state index in [1.165, 1.54) is 6.07 Å². The summed E-state index contributed by atoms with van der Waals surface area (Å²) in [7, 11) is -3.26. The molecule has 0 N–H and O–H groups in total. The van der Waals surface area contributed by atoms with E-state index in [4.69, 9.17) is 4.74 Å². The fourth-order valence-corrected chi connectivity index (χ4v) is 2.56. The van der Waals surface area contributed by atoms with E-state index >= 15 is 0 Å². The highest BCUT2D eigenvalue weighted by molar-refractivity contribution is 7.90. The molecule has 0 atom stereocenters. The normalized spacial score (nSPS) is 15.5. The van der Waals surface area contributed by atoms with Gasteiger partial charge in [0.05, 0.1) is 13.1 Å². The highest BCUT2D eigenvalue weighted by atomic mass is 32.2. The van der Waals surface area contributed by atoms with Crippen LogP contribution in [0.3, 0.4) is 0 Å². The molecule has 6 heteroatoms. The molecule has 1 saturated heterocycles. The van der Waals surface area contributed by atoms with Gasteiger partial charge < -0.3 is 4.74 Å². The summed E-state index contributed by atoms with van der Waals surface area (Å²) in [4.78, 5) is 3.99. The first kappa shape index (κ1) is 14.0. The number of rotatable bonds is 4. The Bertz CT molecular complexity index is 721. The summed E-state index contributed by atoms with van der Waals surface area (Å²) in [5, 5.41) is 4.19. The highest BCUT2D eigenvalue weighted by Crippen LogP contribution is 2.23. The van der Waals surface area contributed by atoms with Crippen LogP contribution in [0.2, 0.25) is 0 Å². The van der Waals surface area contributed by atoms with Gasteiger partial charge in [0.2, 0.25) is 0 Å². The number of sulfone groups is 1. The Morgan fingerprint density at radius 2 is 1.71 bits per heavy atom. The van der Waals surface area contributed by atoms with Gasteiger partial charge >= 0.3 is 0 Å². The summed E-state index contributed by atoms with van der Waals surface area (Å²) < 4.78 is 28.5. The zero-order valence-corrected chi connectivity index (χ0v) is 12.4. The van der Waals surface area contributed by atoms with Crippen LogP contribution >= 0.6 is 0 Å². The second-order valence-corrected chi connectivity index (χ2v) is 6.97. The summed E-state index contributed by atoms with van der Waals surface area (Å²) in [5.74, 6) is 0.819. The average Bonchev–Trinajstić information content (AvgIpc) is 2.43. The van der Waals surface area contributed by atoms with Crippen LogP contribution in [0.4, 0.5) is 0 Å². The summed E-state index contributed by atoms with van der Waals surface area (Å²) >= 11 is 0. The molecule has 1 radical (unpaired) electrons. The molecule has 1 aromatic heterocycles. The van der Waals surface area contributed by atoms with E-state index in [0.29, 0.717) is 0 Å². The SMILES string of the molecule is CS(=O)(=O)c1ccc(-c2ccc(OC3C[N]C3)cc2)cn1. The Labute approximate surface area is 123 Å². The number of hydrogen-bond acceptors (Lipinski definition) is 4. The average molecular weight is 303 g/mol. The number of ether oxygens (including phenoxy) is 1. The van der Waals surface area contributed by atoms with Crippen LogP contribution in [0.25, 0.3) is 11.1 Å². The van der Waals surface area contributed by atoms with Crippen molar-refractivity contribution in [3.63, 3.8) is 0 Å². The largest absolute Gasteiger partial charge is 0.488 e. The van der Waals surface area contributed by atoms with Crippen molar-refractivity contribution in [2.45, 2.75) is 11.1 Å². The lowest BCUT2D eigenvalue weighted by Gasteiger charge is -2.26. The molecule has 0 amide bonds. The van der Waals surface area contributed by atoms with Crippen molar-refractivity contribution >= 4 is 9.84 Å². The fraction of sp³-hybridized carbons (Fsp3) is 0.267. The zero-order valence-electron chi connectivity index (χ0n) is 11.6. The predicted molar refractivity (Wildman–Crippen MR) is 79.1 cm³/mol. The first-order valence-electron chi connectivity index (χ1n) is 6.59. The van der Waals surface area contributed by atoms with E-state index in [0.717, 1.165) is 36.2 Å². The van der Waals surface area contributed by atoms with E-state index in [1.54, 1.807) is 12.3 Å². The zero-order chi connectivity index (χ0) is 14.9. The van der Waals surface area contributed by atoms with Crippen molar-refractivity contribution in [2.75, 3.05) is 19.3 Å². The maximum Gasteiger partial charge on any atom is 0.192 e. The van der Waals surface area contributed by atoms with E-state index in [2.05, 4.69) is 10.3 Å². The van der Waals surface area contributed by atoms with Crippen molar-refractivity contribution in [3.05, 3.63) is 42.6 Å². The van der Waals surface area contributed by atoms with E-state index < -0.39 is 9.84 Å². The summed E-state index contributed by atoms with van der Waals surface area (Å²) in [6, 6.07) is 10.9. The number of pyridine rings is 1. The molecular formula is C15H15N2O3S. The second-order valence-electron chi connectivity index (χ2n) is 5.01. The molecule has 21 heavy (non-hydrogen) atoms. The number of hydrogen-bond donors (Lipinski definition) is 0. The van der Waals surface area contributed by atoms with Crippen LogP contribution < -0.4 is 10.1 Å². The minimum absolute atomic E-state index is 0.0833. The molecule has 2 heterocycles. The molecule has 1 aromatic carbocycles. The molecular weight excluding hydrogens is 288 g/mol. The summed E-state index contributed by atoms with van der Waals surface area (Å²) in [6.45, 7) is 1.53. The fourth-order valence-electron chi connectivity index (χ4n) is 2.00. The van der Waals surface area contributed by atoms with Gasteiger partial charge in [-0.15, -0.1) is 0 Å². The van der Waals surface area contributed by atoms with Gasteiger partial charge in [0.15, 0.2) is 14.9 Å². The Morgan fingerprint density at radius 1 is 1.05 bits per heavy atom. The smallest absolute Gasteiger partial charge is 0.192 e. The van der Waals surface area contributed by atoms with Crippen molar-refractivity contribution in [2.24, 2.45) is 0 Å². The van der Waals surface area contributed by atoms with Crippen molar-refractivity contribution in [3.8, 4) is 16.9 Å². The van der Waals surface area contributed by atoms with Gasteiger partial charge in [-0.05, 0) is 29.8 Å². The van der Waals surface area contributed by atoms with Crippen molar-refractivity contribution in [1.82, 2.24) is 10.3 Å². The first-order valence-corrected chi connectivity index (χ1v) is 8.48. The third-order valence-corrected chi connectivity index (χ3v) is 4.27. The lowest BCUT2D eigenvalue weighted by Crippen LogP contribution is -2.45. The van der Waals surface area contributed by atoms with Crippen LogP contribution in [0.15, 0.2) is 47.6 Å². The number of aromatic nitrogens is 1. The predicted octanol–water partition coefficient (Wildman–Crippen LogP) is 1.52. The first-order chi connectivity index (χ1) is 10.0. The van der Waals surface area contributed by atoms with Crippen LogP contribution in [0, 0.1) is 0 Å². The van der Waals surface area contributed by atoms with E-state index in [9.17, 15) is 8.42 Å². The van der Waals surface area contributed by atoms with Crippen LogP contribution in [0.5, 0.6) is 5.75 Å². The van der Waals surface area contributed by atoms with Crippen LogP contribution in [-0.2, 0) is 9.84 Å². The van der Waals surface area contributed by atoms with Crippen LogP contribution in [0.1, 0.15) is 0 Å². The molecule has 1 fully saturated rings. The molecule has 1 aliphatic rings. The van der Waals surface area contributed by atoms with Gasteiger partial charge in [-0.1, -0.05) is 12.1 Å². The van der Waals surface area contributed by atoms with Gasteiger partial charge in [-0.3, -0.25) is 0 Å². The molecule has 0 bridgehead atoms. The Balaban J connectivity index is 1.77. The van der Waals surface area contributed by atoms with Gasteiger partial charge in [-0.2, -0.15) is 0 Å². The quantitative estimate of drug-likeness (QED) is 0.858. The molecule has 109 valence electrons. The molecule has 3 rings (SSSR count). The monoisotopic (exact) mass is 303 g/mol. The second kappa shape index (κ2) is 5.46. The molecule has 0 unspecified atom stereocenters. The molecule has 2 aromatic rings. The molecule has 5 nitrogen and oxygen atoms in total. The lowest BCUT2D eigenvalue weighted by molar-refractivity contribution is 0.139.